The van der Waals surface area contributed by atoms with Crippen molar-refractivity contribution in [3.8, 4) is 0 Å². The van der Waals surface area contributed by atoms with Gasteiger partial charge in [-0.1, -0.05) is 0 Å². The number of carbonyl (C=O) groups is 1. The van der Waals surface area contributed by atoms with Gasteiger partial charge in [-0.05, 0) is 0 Å². The molecule has 1 rings (SSSR count). The van der Waals surface area contributed by atoms with E-state index in [4.69, 9.17) is 0 Å². The summed E-state index contributed by atoms with van der Waals surface area (Å²) in [6, 6.07) is 0. The molecule has 0 N–H and O–H groups in total. The van der Waals surface area contributed by atoms with Gasteiger partial charge in [0.15, 0.2) is 5.76 Å². The summed E-state index contributed by atoms with van der Waals surface area (Å²) in [7, 11) is 2.36. The van der Waals surface area contributed by atoms with Gasteiger partial charge in [-0.25, -0.2) is 0 Å². The lowest BCUT2D eigenvalue weighted by atomic mass is 10.1. The Morgan fingerprint density at radius 3 is 2.31 bits per heavy atom. The number of carbonyl (C=O) groups excluding carboxylic acids is 1. The molecule has 3 nitrogen and oxygen atoms in total. The molecule has 1 aliphatic carbocycles. The highest BCUT2D eigenvalue weighted by Gasteiger charge is 2.45. The van der Waals surface area contributed by atoms with Gasteiger partial charge in [-0.3, -0.25) is 4.79 Å². The lowest BCUT2D eigenvalue weighted by molar-refractivity contribution is -0.137. The fourth-order valence-corrected chi connectivity index (χ4v) is 0.908. The minimum atomic E-state index is -3.57. The zero-order valence-electron chi connectivity index (χ0n) is 7.14. The van der Waals surface area contributed by atoms with Crippen LogP contribution in [-0.2, 0) is 14.3 Å². The highest BCUT2D eigenvalue weighted by Crippen LogP contribution is 2.31. The normalized spacial score (nSPS) is 20.5. The summed E-state index contributed by atoms with van der Waals surface area (Å²) < 4.78 is 34.9. The number of hydrogen-bond acceptors (Lipinski definition) is 3. The Balaban J connectivity index is 3.08. The van der Waals surface area contributed by atoms with E-state index in [1.807, 2.05) is 0 Å². The fourth-order valence-electron chi connectivity index (χ4n) is 0.908. The number of alkyl halides is 2. The molecule has 0 aromatic heterocycles. The van der Waals surface area contributed by atoms with Gasteiger partial charge in [0.2, 0.25) is 5.78 Å². The minimum absolute atomic E-state index is 0.0628. The predicted molar refractivity (Wildman–Crippen MR) is 40.1 cm³/mol. The average molecular weight is 190 g/mol. The SMILES string of the molecule is COC1=CC(=O)C(F)(F)C(OC)=C1. The molecule has 0 aliphatic heterocycles. The van der Waals surface area contributed by atoms with E-state index in [1.165, 1.54) is 7.11 Å². The van der Waals surface area contributed by atoms with Crippen molar-refractivity contribution in [2.45, 2.75) is 5.92 Å². The predicted octanol–water partition coefficient (Wildman–Crippen LogP) is 1.27. The van der Waals surface area contributed by atoms with Crippen LogP contribution in [0.4, 0.5) is 8.78 Å². The zero-order valence-corrected chi connectivity index (χ0v) is 7.14. The van der Waals surface area contributed by atoms with E-state index in [9.17, 15) is 13.6 Å². The van der Waals surface area contributed by atoms with Crippen LogP contribution in [0.5, 0.6) is 0 Å². The van der Waals surface area contributed by atoms with Crippen molar-refractivity contribution in [2.24, 2.45) is 0 Å². The van der Waals surface area contributed by atoms with E-state index in [2.05, 4.69) is 9.47 Å². The molecule has 5 heteroatoms. The number of ketones is 1. The lowest BCUT2D eigenvalue weighted by Crippen LogP contribution is -2.33. The van der Waals surface area contributed by atoms with Gasteiger partial charge in [0.25, 0.3) is 0 Å². The standard InChI is InChI=1S/C8H8F2O3/c1-12-5-3-6(11)8(9,10)7(4-5)13-2/h3-4H,1-2H3. The van der Waals surface area contributed by atoms with Crippen molar-refractivity contribution in [1.82, 2.24) is 0 Å². The Hall–Kier alpha value is -1.39. The van der Waals surface area contributed by atoms with Gasteiger partial charge in [0.05, 0.1) is 14.2 Å². The van der Waals surface area contributed by atoms with Crippen molar-refractivity contribution in [3.63, 3.8) is 0 Å². The van der Waals surface area contributed by atoms with Crippen LogP contribution in [0.25, 0.3) is 0 Å². The van der Waals surface area contributed by atoms with Crippen LogP contribution in [0.2, 0.25) is 0 Å². The summed E-state index contributed by atoms with van der Waals surface area (Å²) in [4.78, 5) is 10.8. The highest BCUT2D eigenvalue weighted by atomic mass is 19.3. The van der Waals surface area contributed by atoms with Crippen molar-refractivity contribution in [3.05, 3.63) is 23.7 Å². The molecule has 0 amide bonds. The molecule has 0 heterocycles. The summed E-state index contributed by atoms with van der Waals surface area (Å²) in [5.74, 6) is -5.54. The molecule has 0 radical (unpaired) electrons. The molecule has 1 aliphatic rings. The maximum Gasteiger partial charge on any atom is 0.365 e. The Bertz CT molecular complexity index is 292. The largest absolute Gasteiger partial charge is 0.496 e. The summed E-state index contributed by atoms with van der Waals surface area (Å²) in [5, 5.41) is 0. The molecular formula is C8H8F2O3. The van der Waals surface area contributed by atoms with Crippen LogP contribution in [0, 0.1) is 0 Å². The number of hydrogen-bond donors (Lipinski definition) is 0. The summed E-state index contributed by atoms with van der Waals surface area (Å²) in [6.45, 7) is 0. The first-order chi connectivity index (χ1) is 6.02. The molecule has 0 unspecified atom stereocenters. The van der Waals surface area contributed by atoms with E-state index in [-0.39, 0.29) is 5.76 Å². The van der Waals surface area contributed by atoms with Crippen molar-refractivity contribution in [2.75, 3.05) is 14.2 Å². The van der Waals surface area contributed by atoms with Crippen LogP contribution in [0.1, 0.15) is 0 Å². The third kappa shape index (κ3) is 1.54. The second-order valence-corrected chi connectivity index (χ2v) is 2.40. The summed E-state index contributed by atoms with van der Waals surface area (Å²) in [6.07, 6.45) is 1.73. The van der Waals surface area contributed by atoms with Gasteiger partial charge < -0.3 is 9.47 Å². The number of halogens is 2. The number of allylic oxidation sites excluding steroid dienone is 3. The van der Waals surface area contributed by atoms with E-state index in [1.54, 1.807) is 0 Å². The van der Waals surface area contributed by atoms with Gasteiger partial charge in [0, 0.05) is 12.2 Å². The fraction of sp³-hybridized carbons (Fsp3) is 0.375. The second kappa shape index (κ2) is 3.16. The van der Waals surface area contributed by atoms with E-state index in [0.29, 0.717) is 0 Å². The Morgan fingerprint density at radius 1 is 1.23 bits per heavy atom. The topological polar surface area (TPSA) is 35.5 Å². The van der Waals surface area contributed by atoms with Gasteiger partial charge in [-0.2, -0.15) is 8.78 Å². The Morgan fingerprint density at radius 2 is 1.85 bits per heavy atom. The van der Waals surface area contributed by atoms with Gasteiger partial charge in [0.1, 0.15) is 5.76 Å². The van der Waals surface area contributed by atoms with E-state index >= 15 is 0 Å². The monoisotopic (exact) mass is 190 g/mol. The first kappa shape index (κ1) is 9.70. The second-order valence-electron chi connectivity index (χ2n) is 2.40. The molecule has 0 saturated carbocycles. The smallest absolute Gasteiger partial charge is 0.365 e. The molecule has 0 saturated heterocycles. The summed E-state index contributed by atoms with van der Waals surface area (Å²) in [5.41, 5.74) is 0. The molecule has 0 fully saturated rings. The van der Waals surface area contributed by atoms with Crippen LogP contribution < -0.4 is 0 Å². The first-order valence-electron chi connectivity index (χ1n) is 3.46. The van der Waals surface area contributed by atoms with Crippen LogP contribution in [0.15, 0.2) is 23.7 Å². The molecule has 0 aromatic rings. The van der Waals surface area contributed by atoms with Gasteiger partial charge >= 0.3 is 5.92 Å². The number of methoxy groups -OCH3 is 2. The third-order valence-corrected chi connectivity index (χ3v) is 1.62. The molecule has 0 bridgehead atoms. The zero-order chi connectivity index (χ0) is 10.1. The maximum atomic E-state index is 12.9. The van der Waals surface area contributed by atoms with Crippen LogP contribution >= 0.6 is 0 Å². The quantitative estimate of drug-likeness (QED) is 0.657. The number of rotatable bonds is 2. The Labute approximate surface area is 73.6 Å². The average Bonchev–Trinajstić information content (AvgIpc) is 2.09. The van der Waals surface area contributed by atoms with Crippen molar-refractivity contribution < 1.29 is 23.0 Å². The molecule has 0 spiro atoms. The molecule has 72 valence electrons. The minimum Gasteiger partial charge on any atom is -0.496 e. The first-order valence-corrected chi connectivity index (χ1v) is 3.46. The third-order valence-electron chi connectivity index (χ3n) is 1.62. The van der Waals surface area contributed by atoms with E-state index < -0.39 is 17.5 Å². The maximum absolute atomic E-state index is 12.9. The summed E-state index contributed by atoms with van der Waals surface area (Å²) >= 11 is 0. The van der Waals surface area contributed by atoms with E-state index in [0.717, 1.165) is 19.3 Å². The molecule has 13 heavy (non-hydrogen) atoms. The highest BCUT2D eigenvalue weighted by molar-refractivity contribution is 5.99. The molecule has 0 aromatic carbocycles. The van der Waals surface area contributed by atoms with Gasteiger partial charge in [-0.15, -0.1) is 0 Å². The number of ether oxygens (including phenoxy) is 2. The van der Waals surface area contributed by atoms with Crippen LogP contribution in [0.3, 0.4) is 0 Å². The van der Waals surface area contributed by atoms with Crippen molar-refractivity contribution >= 4 is 5.78 Å². The van der Waals surface area contributed by atoms with Crippen molar-refractivity contribution in [1.29, 1.82) is 0 Å². The molecular weight excluding hydrogens is 182 g/mol. The lowest BCUT2D eigenvalue weighted by Gasteiger charge is -2.19. The van der Waals surface area contributed by atoms with Crippen LogP contribution in [-0.4, -0.2) is 25.9 Å². The molecule has 0 atom stereocenters. The Kier molecular flexibility index (Phi) is 2.36.